The number of nitrogens with one attached hydrogen (secondary N) is 1. The Balaban J connectivity index is 1.52. The van der Waals surface area contributed by atoms with E-state index in [9.17, 15) is 0 Å². The van der Waals surface area contributed by atoms with Crippen molar-refractivity contribution in [3.63, 3.8) is 0 Å². The lowest BCUT2D eigenvalue weighted by Gasteiger charge is -2.48. The lowest BCUT2D eigenvalue weighted by molar-refractivity contribution is -0.136. The molecule has 1 spiro atoms. The second kappa shape index (κ2) is 4.79. The molecule has 2 heteroatoms. The van der Waals surface area contributed by atoms with Gasteiger partial charge in [0.15, 0.2) is 0 Å². The van der Waals surface area contributed by atoms with E-state index in [0.717, 1.165) is 18.7 Å². The van der Waals surface area contributed by atoms with Gasteiger partial charge in [-0.3, -0.25) is 0 Å². The van der Waals surface area contributed by atoms with Gasteiger partial charge < -0.3 is 10.1 Å². The summed E-state index contributed by atoms with van der Waals surface area (Å²) in [6, 6.07) is 1.48. The van der Waals surface area contributed by atoms with Crippen LogP contribution < -0.4 is 5.32 Å². The van der Waals surface area contributed by atoms with E-state index in [4.69, 9.17) is 4.74 Å². The van der Waals surface area contributed by atoms with E-state index >= 15 is 0 Å². The van der Waals surface area contributed by atoms with Gasteiger partial charge in [0, 0.05) is 18.7 Å². The fourth-order valence-corrected chi connectivity index (χ4v) is 4.26. The Morgan fingerprint density at radius 3 is 2.39 bits per heavy atom. The van der Waals surface area contributed by atoms with E-state index in [2.05, 4.69) is 19.2 Å². The monoisotopic (exact) mass is 251 g/mol. The van der Waals surface area contributed by atoms with Crippen LogP contribution in [-0.2, 0) is 4.74 Å². The standard InChI is InChI=1S/C16H29NO/c1-15(2)7-3-5-13(11-15)17-14-6-10-18-16(12-14)8-4-9-16/h13-14,17H,3-12H2,1-2H3. The Hall–Kier alpha value is -0.0800. The third-order valence-corrected chi connectivity index (χ3v) is 5.43. The van der Waals surface area contributed by atoms with Crippen LogP contribution >= 0.6 is 0 Å². The Bertz CT molecular complexity index is 295. The van der Waals surface area contributed by atoms with Crippen molar-refractivity contribution >= 4 is 0 Å². The number of hydrogen-bond acceptors (Lipinski definition) is 2. The molecule has 1 saturated heterocycles. The first-order chi connectivity index (χ1) is 8.57. The zero-order chi connectivity index (χ0) is 12.6. The lowest BCUT2D eigenvalue weighted by Crippen LogP contribution is -2.53. The van der Waals surface area contributed by atoms with Gasteiger partial charge in [0.05, 0.1) is 5.60 Å². The normalized spacial score (nSPS) is 38.3. The van der Waals surface area contributed by atoms with Gasteiger partial charge in [-0.25, -0.2) is 0 Å². The van der Waals surface area contributed by atoms with Gasteiger partial charge in [-0.15, -0.1) is 0 Å². The number of rotatable bonds is 2. The molecule has 0 aromatic carbocycles. The molecule has 0 radical (unpaired) electrons. The summed E-state index contributed by atoms with van der Waals surface area (Å²) in [4.78, 5) is 0. The fraction of sp³-hybridized carbons (Fsp3) is 1.00. The minimum absolute atomic E-state index is 0.292. The van der Waals surface area contributed by atoms with E-state index in [0.29, 0.717) is 11.0 Å². The first-order valence-electron chi connectivity index (χ1n) is 7.97. The molecule has 2 unspecified atom stereocenters. The summed E-state index contributed by atoms with van der Waals surface area (Å²) in [7, 11) is 0. The Morgan fingerprint density at radius 1 is 0.944 bits per heavy atom. The van der Waals surface area contributed by atoms with Crippen molar-refractivity contribution in [3.05, 3.63) is 0 Å². The highest BCUT2D eigenvalue weighted by atomic mass is 16.5. The molecular weight excluding hydrogens is 222 g/mol. The summed E-state index contributed by atoms with van der Waals surface area (Å²) < 4.78 is 6.02. The van der Waals surface area contributed by atoms with Crippen LogP contribution in [0.5, 0.6) is 0 Å². The summed E-state index contributed by atoms with van der Waals surface area (Å²) >= 11 is 0. The first kappa shape index (κ1) is 12.9. The molecule has 1 N–H and O–H groups in total. The molecule has 2 saturated carbocycles. The first-order valence-corrected chi connectivity index (χ1v) is 7.97. The third-order valence-electron chi connectivity index (χ3n) is 5.43. The van der Waals surface area contributed by atoms with Gasteiger partial charge in [0.25, 0.3) is 0 Å². The molecule has 18 heavy (non-hydrogen) atoms. The van der Waals surface area contributed by atoms with Gasteiger partial charge in [-0.2, -0.15) is 0 Å². The van der Waals surface area contributed by atoms with Gasteiger partial charge in [-0.05, 0) is 56.8 Å². The second-order valence-corrected chi connectivity index (χ2v) is 7.70. The summed E-state index contributed by atoms with van der Waals surface area (Å²) in [5, 5.41) is 3.96. The summed E-state index contributed by atoms with van der Waals surface area (Å²) in [5.41, 5.74) is 0.843. The predicted octanol–water partition coefficient (Wildman–Crippen LogP) is 3.65. The Labute approximate surface area is 112 Å². The van der Waals surface area contributed by atoms with Crippen molar-refractivity contribution < 1.29 is 4.74 Å². The smallest absolute Gasteiger partial charge is 0.0697 e. The molecule has 2 nitrogen and oxygen atoms in total. The highest BCUT2D eigenvalue weighted by Gasteiger charge is 2.43. The molecule has 1 heterocycles. The molecule has 3 aliphatic rings. The summed E-state index contributed by atoms with van der Waals surface area (Å²) in [5.74, 6) is 0. The van der Waals surface area contributed by atoms with E-state index in [1.165, 1.54) is 57.8 Å². The molecule has 0 aromatic rings. The molecule has 3 rings (SSSR count). The van der Waals surface area contributed by atoms with Crippen LogP contribution in [0.2, 0.25) is 0 Å². The maximum atomic E-state index is 6.02. The van der Waals surface area contributed by atoms with Crippen molar-refractivity contribution in [1.29, 1.82) is 0 Å². The maximum Gasteiger partial charge on any atom is 0.0697 e. The SMILES string of the molecule is CC1(C)CCCC(NC2CCOC3(CCC3)C2)C1. The van der Waals surface area contributed by atoms with Gasteiger partial charge in [0.1, 0.15) is 0 Å². The second-order valence-electron chi connectivity index (χ2n) is 7.70. The molecule has 0 amide bonds. The molecule has 0 bridgehead atoms. The van der Waals surface area contributed by atoms with Gasteiger partial charge >= 0.3 is 0 Å². The van der Waals surface area contributed by atoms with E-state index in [-0.39, 0.29) is 0 Å². The van der Waals surface area contributed by atoms with E-state index in [1.807, 2.05) is 0 Å². The predicted molar refractivity (Wildman–Crippen MR) is 74.7 cm³/mol. The van der Waals surface area contributed by atoms with Crippen molar-refractivity contribution in [2.24, 2.45) is 5.41 Å². The molecule has 0 aromatic heterocycles. The molecular formula is C16H29NO. The van der Waals surface area contributed by atoms with Crippen molar-refractivity contribution in [2.75, 3.05) is 6.61 Å². The van der Waals surface area contributed by atoms with Gasteiger partial charge in [-0.1, -0.05) is 20.3 Å². The molecule has 104 valence electrons. The average Bonchev–Trinajstić information content (AvgIpc) is 2.26. The number of hydrogen-bond donors (Lipinski definition) is 1. The van der Waals surface area contributed by atoms with Crippen LogP contribution in [0, 0.1) is 5.41 Å². The van der Waals surface area contributed by atoms with Crippen LogP contribution in [0.1, 0.15) is 71.6 Å². The fourth-order valence-electron chi connectivity index (χ4n) is 4.26. The average molecular weight is 251 g/mol. The van der Waals surface area contributed by atoms with Gasteiger partial charge in [0.2, 0.25) is 0 Å². The molecule has 2 aliphatic carbocycles. The maximum absolute atomic E-state index is 6.02. The summed E-state index contributed by atoms with van der Waals surface area (Å²) in [6.45, 7) is 5.84. The van der Waals surface area contributed by atoms with Crippen molar-refractivity contribution in [1.82, 2.24) is 5.32 Å². The number of ether oxygens (including phenoxy) is 1. The largest absolute Gasteiger partial charge is 0.375 e. The van der Waals surface area contributed by atoms with Crippen LogP contribution in [0.4, 0.5) is 0 Å². The van der Waals surface area contributed by atoms with Crippen LogP contribution in [0.25, 0.3) is 0 Å². The highest BCUT2D eigenvalue weighted by molar-refractivity contribution is 4.97. The van der Waals surface area contributed by atoms with Crippen LogP contribution in [0.3, 0.4) is 0 Å². The molecule has 2 atom stereocenters. The van der Waals surface area contributed by atoms with E-state index in [1.54, 1.807) is 0 Å². The van der Waals surface area contributed by atoms with E-state index < -0.39 is 0 Å². The van der Waals surface area contributed by atoms with Crippen LogP contribution in [0.15, 0.2) is 0 Å². The Kier molecular flexibility index (Phi) is 3.44. The lowest BCUT2D eigenvalue weighted by atomic mass is 9.72. The van der Waals surface area contributed by atoms with Crippen molar-refractivity contribution in [3.8, 4) is 0 Å². The zero-order valence-electron chi connectivity index (χ0n) is 12.1. The molecule has 1 aliphatic heterocycles. The highest BCUT2D eigenvalue weighted by Crippen LogP contribution is 2.43. The Morgan fingerprint density at radius 2 is 1.72 bits per heavy atom. The van der Waals surface area contributed by atoms with Crippen LogP contribution in [-0.4, -0.2) is 24.3 Å². The minimum atomic E-state index is 0.292. The minimum Gasteiger partial charge on any atom is -0.375 e. The zero-order valence-corrected chi connectivity index (χ0v) is 12.1. The summed E-state index contributed by atoms with van der Waals surface area (Å²) in [6.07, 6.45) is 12.0. The quantitative estimate of drug-likeness (QED) is 0.809. The van der Waals surface area contributed by atoms with Crippen molar-refractivity contribution in [2.45, 2.75) is 89.3 Å². The third kappa shape index (κ3) is 2.75. The topological polar surface area (TPSA) is 21.3 Å². The molecule has 3 fully saturated rings.